The summed E-state index contributed by atoms with van der Waals surface area (Å²) >= 11 is 0. The molecule has 0 atom stereocenters. The van der Waals surface area contributed by atoms with Gasteiger partial charge in [0.15, 0.2) is 0 Å². The minimum Gasteiger partial charge on any atom is -0.366 e. The third-order valence-electron chi connectivity index (χ3n) is 1.91. The summed E-state index contributed by atoms with van der Waals surface area (Å²) in [6.45, 7) is 8.39. The average molecular weight is 164 g/mol. The van der Waals surface area contributed by atoms with Crippen molar-refractivity contribution in [1.29, 1.82) is 0 Å². The first-order chi connectivity index (χ1) is 5.61. The SMILES string of the molecule is CC1=CNC=C(C(C)C)C(C)=N1. The second-order valence-electron chi connectivity index (χ2n) is 3.40. The largest absolute Gasteiger partial charge is 0.366 e. The molecule has 1 aliphatic heterocycles. The molecular weight excluding hydrogens is 148 g/mol. The van der Waals surface area contributed by atoms with E-state index >= 15 is 0 Å². The third-order valence-corrected chi connectivity index (χ3v) is 1.91. The first-order valence-electron chi connectivity index (χ1n) is 4.30. The number of nitrogens with one attached hydrogen (secondary N) is 1. The molecule has 0 fully saturated rings. The van der Waals surface area contributed by atoms with E-state index in [-0.39, 0.29) is 0 Å². The van der Waals surface area contributed by atoms with Crippen LogP contribution < -0.4 is 5.32 Å². The van der Waals surface area contributed by atoms with Gasteiger partial charge in [-0.1, -0.05) is 13.8 Å². The Morgan fingerprint density at radius 3 is 2.50 bits per heavy atom. The summed E-state index contributed by atoms with van der Waals surface area (Å²) in [6.07, 6.45) is 3.94. The van der Waals surface area contributed by atoms with E-state index in [1.54, 1.807) is 0 Å². The van der Waals surface area contributed by atoms with Gasteiger partial charge in [-0.3, -0.25) is 4.99 Å². The monoisotopic (exact) mass is 164 g/mol. The summed E-state index contributed by atoms with van der Waals surface area (Å²) in [4.78, 5) is 4.43. The summed E-state index contributed by atoms with van der Waals surface area (Å²) in [5.74, 6) is 0.528. The Bertz CT molecular complexity index is 257. The number of allylic oxidation sites excluding steroid dienone is 2. The van der Waals surface area contributed by atoms with Gasteiger partial charge in [0.25, 0.3) is 0 Å². The maximum atomic E-state index is 4.43. The maximum Gasteiger partial charge on any atom is 0.0535 e. The highest BCUT2D eigenvalue weighted by Gasteiger charge is 2.08. The summed E-state index contributed by atoms with van der Waals surface area (Å²) in [5.41, 5.74) is 3.42. The molecule has 2 nitrogen and oxygen atoms in total. The van der Waals surface area contributed by atoms with Gasteiger partial charge in [0.1, 0.15) is 0 Å². The molecule has 0 unspecified atom stereocenters. The summed E-state index contributed by atoms with van der Waals surface area (Å²) in [5, 5.41) is 3.12. The second kappa shape index (κ2) is 3.57. The van der Waals surface area contributed by atoms with Crippen LogP contribution in [0.2, 0.25) is 0 Å². The van der Waals surface area contributed by atoms with Gasteiger partial charge in [0.05, 0.1) is 5.70 Å². The van der Waals surface area contributed by atoms with E-state index in [0.717, 1.165) is 11.4 Å². The van der Waals surface area contributed by atoms with Gasteiger partial charge in [-0.2, -0.15) is 0 Å². The number of hydrogen-bond acceptors (Lipinski definition) is 2. The van der Waals surface area contributed by atoms with Gasteiger partial charge in [0, 0.05) is 18.1 Å². The number of rotatable bonds is 1. The predicted molar refractivity (Wildman–Crippen MR) is 52.9 cm³/mol. The smallest absolute Gasteiger partial charge is 0.0535 e. The molecule has 0 amide bonds. The van der Waals surface area contributed by atoms with E-state index in [4.69, 9.17) is 0 Å². The molecule has 0 aliphatic carbocycles. The Balaban J connectivity index is 2.93. The van der Waals surface area contributed by atoms with Gasteiger partial charge < -0.3 is 5.32 Å². The van der Waals surface area contributed by atoms with E-state index < -0.39 is 0 Å². The summed E-state index contributed by atoms with van der Waals surface area (Å²) < 4.78 is 0. The van der Waals surface area contributed by atoms with Crippen molar-refractivity contribution in [2.75, 3.05) is 0 Å². The minimum absolute atomic E-state index is 0.528. The van der Waals surface area contributed by atoms with Crippen LogP contribution in [0, 0.1) is 5.92 Å². The molecule has 0 saturated heterocycles. The first kappa shape index (κ1) is 9.04. The summed E-state index contributed by atoms with van der Waals surface area (Å²) in [6, 6.07) is 0. The zero-order valence-electron chi connectivity index (χ0n) is 8.18. The molecule has 0 spiro atoms. The van der Waals surface area contributed by atoms with E-state index in [1.807, 2.05) is 19.3 Å². The van der Waals surface area contributed by atoms with Crippen LogP contribution in [0.5, 0.6) is 0 Å². The molecule has 1 rings (SSSR count). The normalized spacial score (nSPS) is 17.6. The molecule has 0 aromatic rings. The van der Waals surface area contributed by atoms with Crippen molar-refractivity contribution in [1.82, 2.24) is 5.32 Å². The topological polar surface area (TPSA) is 24.4 Å². The van der Waals surface area contributed by atoms with Crippen LogP contribution in [0.1, 0.15) is 27.7 Å². The molecule has 0 saturated carbocycles. The van der Waals surface area contributed by atoms with Crippen molar-refractivity contribution >= 4 is 5.71 Å². The van der Waals surface area contributed by atoms with E-state index in [2.05, 4.69) is 31.1 Å². The van der Waals surface area contributed by atoms with E-state index in [1.165, 1.54) is 5.57 Å². The second-order valence-corrected chi connectivity index (χ2v) is 3.40. The van der Waals surface area contributed by atoms with Crippen LogP contribution in [0.4, 0.5) is 0 Å². The molecule has 12 heavy (non-hydrogen) atoms. The zero-order chi connectivity index (χ0) is 9.14. The van der Waals surface area contributed by atoms with Crippen LogP contribution >= 0.6 is 0 Å². The zero-order valence-corrected chi connectivity index (χ0v) is 8.18. The van der Waals surface area contributed by atoms with Crippen molar-refractivity contribution in [3.05, 3.63) is 23.7 Å². The Morgan fingerprint density at radius 1 is 1.25 bits per heavy atom. The van der Waals surface area contributed by atoms with Gasteiger partial charge in [-0.15, -0.1) is 0 Å². The minimum atomic E-state index is 0.528. The Labute approximate surface area is 74.1 Å². The lowest BCUT2D eigenvalue weighted by Gasteiger charge is -2.08. The standard InChI is InChI=1S/C10H16N2/c1-7(2)10-6-11-5-8(3)12-9(10)4/h5-7,11H,1-4H3. The number of hydrogen-bond donors (Lipinski definition) is 1. The lowest BCUT2D eigenvalue weighted by Crippen LogP contribution is -2.06. The van der Waals surface area contributed by atoms with Gasteiger partial charge in [-0.25, -0.2) is 0 Å². The molecular formula is C10H16N2. The third kappa shape index (κ3) is 1.97. The van der Waals surface area contributed by atoms with Crippen LogP contribution in [-0.4, -0.2) is 5.71 Å². The molecule has 0 radical (unpaired) electrons. The highest BCUT2D eigenvalue weighted by atomic mass is 14.9. The Kier molecular flexibility index (Phi) is 2.69. The molecule has 1 heterocycles. The van der Waals surface area contributed by atoms with Crippen molar-refractivity contribution in [3.63, 3.8) is 0 Å². The first-order valence-corrected chi connectivity index (χ1v) is 4.30. The number of aliphatic imine (C=N–C) groups is 1. The average Bonchev–Trinajstić information content (AvgIpc) is 2.10. The van der Waals surface area contributed by atoms with Crippen LogP contribution in [0.3, 0.4) is 0 Å². The lowest BCUT2D eigenvalue weighted by molar-refractivity contribution is 0.794. The van der Waals surface area contributed by atoms with Crippen LogP contribution in [-0.2, 0) is 0 Å². The highest BCUT2D eigenvalue weighted by molar-refractivity contribution is 5.99. The Morgan fingerprint density at radius 2 is 1.92 bits per heavy atom. The Hall–Kier alpha value is -1.05. The van der Waals surface area contributed by atoms with E-state index in [9.17, 15) is 0 Å². The van der Waals surface area contributed by atoms with Gasteiger partial charge in [0.2, 0.25) is 0 Å². The maximum absolute atomic E-state index is 4.43. The highest BCUT2D eigenvalue weighted by Crippen LogP contribution is 2.14. The lowest BCUT2D eigenvalue weighted by atomic mass is 10.0. The van der Waals surface area contributed by atoms with Crippen molar-refractivity contribution < 1.29 is 0 Å². The van der Waals surface area contributed by atoms with Crippen molar-refractivity contribution in [3.8, 4) is 0 Å². The molecule has 66 valence electrons. The molecule has 1 N–H and O–H groups in total. The van der Waals surface area contributed by atoms with Crippen LogP contribution in [0.25, 0.3) is 0 Å². The fourth-order valence-electron chi connectivity index (χ4n) is 1.30. The quantitative estimate of drug-likeness (QED) is 0.632. The van der Waals surface area contributed by atoms with Crippen LogP contribution in [0.15, 0.2) is 28.7 Å². The fraction of sp³-hybridized carbons (Fsp3) is 0.500. The molecule has 0 bridgehead atoms. The van der Waals surface area contributed by atoms with Crippen molar-refractivity contribution in [2.24, 2.45) is 10.9 Å². The molecule has 0 aromatic carbocycles. The molecule has 2 heteroatoms. The predicted octanol–water partition coefficient (Wildman–Crippen LogP) is 2.45. The fourth-order valence-corrected chi connectivity index (χ4v) is 1.30. The summed E-state index contributed by atoms with van der Waals surface area (Å²) in [7, 11) is 0. The molecule has 1 aliphatic rings. The molecule has 0 aromatic heterocycles. The van der Waals surface area contributed by atoms with Gasteiger partial charge in [-0.05, 0) is 25.3 Å². The van der Waals surface area contributed by atoms with Crippen molar-refractivity contribution in [2.45, 2.75) is 27.7 Å². The number of nitrogens with zero attached hydrogens (tertiary/aromatic N) is 1. The van der Waals surface area contributed by atoms with E-state index in [0.29, 0.717) is 5.92 Å². The van der Waals surface area contributed by atoms with Gasteiger partial charge >= 0.3 is 0 Å².